The molecule has 0 aromatic heterocycles. The zero-order valence-electron chi connectivity index (χ0n) is 7.50. The third-order valence-electron chi connectivity index (χ3n) is 1.75. The summed E-state index contributed by atoms with van der Waals surface area (Å²) in [4.78, 5) is 10.9. The van der Waals surface area contributed by atoms with Crippen molar-refractivity contribution < 1.29 is 22.4 Å². The van der Waals surface area contributed by atoms with Gasteiger partial charge in [0.25, 0.3) is 5.91 Å². The highest BCUT2D eigenvalue weighted by Crippen LogP contribution is 2.25. The van der Waals surface area contributed by atoms with Crippen LogP contribution in [0, 0.1) is 23.3 Å². The average molecular weight is 222 g/mol. The van der Waals surface area contributed by atoms with Gasteiger partial charge in [-0.1, -0.05) is 0 Å². The van der Waals surface area contributed by atoms with Gasteiger partial charge < -0.3 is 11.1 Å². The van der Waals surface area contributed by atoms with Gasteiger partial charge in [0.2, 0.25) is 0 Å². The molecule has 0 unspecified atom stereocenters. The maximum atomic E-state index is 13.0. The van der Waals surface area contributed by atoms with Gasteiger partial charge in [0.05, 0.1) is 0 Å². The Morgan fingerprint density at radius 1 is 1.07 bits per heavy atom. The number of nitrogen functional groups attached to an aromatic ring is 1. The van der Waals surface area contributed by atoms with Crippen molar-refractivity contribution in [1.29, 1.82) is 0 Å². The van der Waals surface area contributed by atoms with E-state index in [4.69, 9.17) is 5.73 Å². The number of nitrogens with one attached hydrogen (secondary N) is 1. The van der Waals surface area contributed by atoms with Gasteiger partial charge in [0, 0.05) is 7.05 Å². The number of hydrogen-bond donors (Lipinski definition) is 2. The Bertz CT molecular complexity index is 404. The van der Waals surface area contributed by atoms with E-state index in [9.17, 15) is 22.4 Å². The molecule has 0 fully saturated rings. The fourth-order valence-electron chi connectivity index (χ4n) is 0.973. The number of amides is 1. The summed E-state index contributed by atoms with van der Waals surface area (Å²) in [6.45, 7) is 0. The second kappa shape index (κ2) is 3.76. The van der Waals surface area contributed by atoms with Crippen molar-refractivity contribution in [2.24, 2.45) is 0 Å². The first-order valence-electron chi connectivity index (χ1n) is 3.75. The van der Waals surface area contributed by atoms with Gasteiger partial charge in [-0.05, 0) is 0 Å². The molecule has 1 rings (SSSR count). The van der Waals surface area contributed by atoms with Crippen molar-refractivity contribution in [3.63, 3.8) is 0 Å². The summed E-state index contributed by atoms with van der Waals surface area (Å²) in [5.74, 6) is -8.47. The molecule has 0 aliphatic carbocycles. The first kappa shape index (κ1) is 11.3. The smallest absolute Gasteiger partial charge is 0.257 e. The van der Waals surface area contributed by atoms with Crippen LogP contribution >= 0.6 is 0 Å². The number of hydrogen-bond acceptors (Lipinski definition) is 2. The lowest BCUT2D eigenvalue weighted by Crippen LogP contribution is -2.23. The molecule has 0 aliphatic rings. The molecule has 0 bridgehead atoms. The summed E-state index contributed by atoms with van der Waals surface area (Å²) in [5.41, 5.74) is 2.11. The average Bonchev–Trinajstić information content (AvgIpc) is 2.23. The largest absolute Gasteiger partial charge is 0.394 e. The topological polar surface area (TPSA) is 55.1 Å². The fraction of sp³-hybridized carbons (Fsp3) is 0.125. The third-order valence-corrected chi connectivity index (χ3v) is 1.75. The van der Waals surface area contributed by atoms with Crippen LogP contribution in [0.5, 0.6) is 0 Å². The van der Waals surface area contributed by atoms with Crippen LogP contribution in [-0.2, 0) is 0 Å². The van der Waals surface area contributed by atoms with Crippen molar-refractivity contribution in [3.8, 4) is 0 Å². The van der Waals surface area contributed by atoms with Gasteiger partial charge in [0.1, 0.15) is 11.3 Å². The van der Waals surface area contributed by atoms with E-state index >= 15 is 0 Å². The van der Waals surface area contributed by atoms with Crippen molar-refractivity contribution in [3.05, 3.63) is 28.8 Å². The highest BCUT2D eigenvalue weighted by Gasteiger charge is 2.27. The number of carbonyl (C=O) groups is 1. The molecule has 3 nitrogen and oxygen atoms in total. The van der Waals surface area contributed by atoms with Crippen molar-refractivity contribution in [1.82, 2.24) is 5.32 Å². The molecule has 1 aromatic rings. The quantitative estimate of drug-likeness (QED) is 0.426. The third kappa shape index (κ3) is 1.60. The molecule has 0 spiro atoms. The van der Waals surface area contributed by atoms with Crippen molar-refractivity contribution in [2.45, 2.75) is 0 Å². The van der Waals surface area contributed by atoms with Gasteiger partial charge in [-0.25, -0.2) is 17.6 Å². The van der Waals surface area contributed by atoms with E-state index in [2.05, 4.69) is 0 Å². The summed E-state index contributed by atoms with van der Waals surface area (Å²) < 4.78 is 51.7. The summed E-state index contributed by atoms with van der Waals surface area (Å²) in [7, 11) is 1.06. The second-order valence-corrected chi connectivity index (χ2v) is 2.62. The first-order chi connectivity index (χ1) is 6.91. The number of halogens is 4. The number of rotatable bonds is 1. The Morgan fingerprint density at radius 3 is 1.80 bits per heavy atom. The SMILES string of the molecule is CNC(=O)c1c(F)c(F)c(N)c(F)c1F. The highest BCUT2D eigenvalue weighted by atomic mass is 19.2. The molecule has 0 radical (unpaired) electrons. The number of nitrogens with two attached hydrogens (primary N) is 1. The van der Waals surface area contributed by atoms with Crippen LogP contribution < -0.4 is 11.1 Å². The Labute approximate surface area is 81.9 Å². The van der Waals surface area contributed by atoms with Gasteiger partial charge in [0.15, 0.2) is 23.3 Å². The lowest BCUT2D eigenvalue weighted by molar-refractivity contribution is 0.0952. The Hall–Kier alpha value is -1.79. The van der Waals surface area contributed by atoms with E-state index in [0.717, 1.165) is 7.05 Å². The Balaban J connectivity index is 3.60. The molecular weight excluding hydrogens is 216 g/mol. The first-order valence-corrected chi connectivity index (χ1v) is 3.75. The summed E-state index contributed by atoms with van der Waals surface area (Å²) in [5, 5.41) is 1.84. The fourth-order valence-corrected chi connectivity index (χ4v) is 0.973. The lowest BCUT2D eigenvalue weighted by Gasteiger charge is -2.07. The molecule has 15 heavy (non-hydrogen) atoms. The molecular formula is C8H6F4N2O. The molecule has 1 amide bonds. The molecule has 0 saturated carbocycles. The summed E-state index contributed by atoms with van der Waals surface area (Å²) in [6, 6.07) is 0. The molecule has 3 N–H and O–H groups in total. The maximum Gasteiger partial charge on any atom is 0.257 e. The van der Waals surface area contributed by atoms with Gasteiger partial charge in [-0.3, -0.25) is 4.79 Å². The standard InChI is InChI=1S/C8H6F4N2O/c1-14-8(15)2-3(9)5(11)7(13)6(12)4(2)10/h13H2,1H3,(H,14,15). The van der Waals surface area contributed by atoms with Crippen molar-refractivity contribution >= 4 is 11.6 Å². The maximum absolute atomic E-state index is 13.0. The van der Waals surface area contributed by atoms with Crippen LogP contribution in [0.15, 0.2) is 0 Å². The summed E-state index contributed by atoms with van der Waals surface area (Å²) in [6.07, 6.45) is 0. The summed E-state index contributed by atoms with van der Waals surface area (Å²) >= 11 is 0. The predicted molar refractivity (Wildman–Crippen MR) is 44.1 cm³/mol. The van der Waals surface area contributed by atoms with E-state index in [1.807, 2.05) is 5.32 Å². The zero-order chi connectivity index (χ0) is 11.7. The number of carbonyl (C=O) groups excluding carboxylic acids is 1. The lowest BCUT2D eigenvalue weighted by atomic mass is 10.1. The van der Waals surface area contributed by atoms with Crippen molar-refractivity contribution in [2.75, 3.05) is 12.8 Å². The minimum atomic E-state index is -1.81. The van der Waals surface area contributed by atoms with Crippen LogP contribution in [0.4, 0.5) is 23.2 Å². The minimum absolute atomic E-state index is 1.06. The Morgan fingerprint density at radius 2 is 1.47 bits per heavy atom. The van der Waals surface area contributed by atoms with Crippen LogP contribution in [-0.4, -0.2) is 13.0 Å². The molecule has 1 aromatic carbocycles. The van der Waals surface area contributed by atoms with Crippen LogP contribution in [0.25, 0.3) is 0 Å². The van der Waals surface area contributed by atoms with Gasteiger partial charge >= 0.3 is 0 Å². The Kier molecular flexibility index (Phi) is 2.83. The van der Waals surface area contributed by atoms with Crippen LogP contribution in [0.2, 0.25) is 0 Å². The van der Waals surface area contributed by atoms with E-state index < -0.39 is 40.4 Å². The van der Waals surface area contributed by atoms with Crippen LogP contribution in [0.1, 0.15) is 10.4 Å². The van der Waals surface area contributed by atoms with E-state index in [-0.39, 0.29) is 0 Å². The van der Waals surface area contributed by atoms with Crippen LogP contribution in [0.3, 0.4) is 0 Å². The molecule has 0 heterocycles. The molecule has 82 valence electrons. The second-order valence-electron chi connectivity index (χ2n) is 2.62. The molecule has 7 heteroatoms. The zero-order valence-corrected chi connectivity index (χ0v) is 7.50. The molecule has 0 atom stereocenters. The van der Waals surface area contributed by atoms with Gasteiger partial charge in [-0.15, -0.1) is 0 Å². The van der Waals surface area contributed by atoms with Gasteiger partial charge in [-0.2, -0.15) is 0 Å². The van der Waals surface area contributed by atoms with E-state index in [0.29, 0.717) is 0 Å². The number of benzene rings is 1. The van der Waals surface area contributed by atoms with E-state index in [1.54, 1.807) is 0 Å². The number of anilines is 1. The normalized spacial score (nSPS) is 10.2. The van der Waals surface area contributed by atoms with E-state index in [1.165, 1.54) is 0 Å². The highest BCUT2D eigenvalue weighted by molar-refractivity contribution is 5.95. The molecule has 0 saturated heterocycles. The predicted octanol–water partition coefficient (Wildman–Crippen LogP) is 1.18. The monoisotopic (exact) mass is 222 g/mol. The minimum Gasteiger partial charge on any atom is -0.394 e. The molecule has 0 aliphatic heterocycles.